The first kappa shape index (κ1) is 17.0. The number of aromatic nitrogens is 2. The molecular formula is C18H24BrN5. The molecule has 2 aromatic rings. The van der Waals surface area contributed by atoms with Crippen LogP contribution in [0.25, 0.3) is 0 Å². The molecule has 0 aliphatic heterocycles. The molecule has 1 aliphatic rings. The predicted octanol–water partition coefficient (Wildman–Crippen LogP) is 2.97. The van der Waals surface area contributed by atoms with Gasteiger partial charge in [-0.25, -0.2) is 4.99 Å². The summed E-state index contributed by atoms with van der Waals surface area (Å²) in [7, 11) is 1.92. The van der Waals surface area contributed by atoms with E-state index in [1.165, 1.54) is 18.4 Å². The number of nitrogens with one attached hydrogen (secondary N) is 2. The molecule has 0 bridgehead atoms. The quantitative estimate of drug-likeness (QED) is 0.589. The molecule has 1 aromatic carbocycles. The number of hydrogen-bond donors (Lipinski definition) is 2. The molecule has 1 saturated carbocycles. The molecule has 24 heavy (non-hydrogen) atoms. The number of guanidine groups is 1. The molecule has 5 nitrogen and oxygen atoms in total. The summed E-state index contributed by atoms with van der Waals surface area (Å²) in [6, 6.07) is 8.64. The number of halogens is 1. The minimum atomic E-state index is 0.244. The van der Waals surface area contributed by atoms with E-state index in [2.05, 4.69) is 67.8 Å². The van der Waals surface area contributed by atoms with Crippen molar-refractivity contribution in [3.8, 4) is 0 Å². The van der Waals surface area contributed by atoms with E-state index in [9.17, 15) is 0 Å². The molecule has 0 unspecified atom stereocenters. The van der Waals surface area contributed by atoms with Crippen molar-refractivity contribution in [3.63, 3.8) is 0 Å². The highest BCUT2D eigenvalue weighted by molar-refractivity contribution is 9.10. The van der Waals surface area contributed by atoms with Crippen molar-refractivity contribution in [1.29, 1.82) is 0 Å². The first-order chi connectivity index (χ1) is 11.6. The highest BCUT2D eigenvalue weighted by Crippen LogP contribution is 2.48. The van der Waals surface area contributed by atoms with Gasteiger partial charge >= 0.3 is 0 Å². The lowest BCUT2D eigenvalue weighted by atomic mass is 9.96. The van der Waals surface area contributed by atoms with Crippen LogP contribution in [0, 0.1) is 0 Å². The minimum absolute atomic E-state index is 0.244. The highest BCUT2D eigenvalue weighted by Gasteiger charge is 2.44. The summed E-state index contributed by atoms with van der Waals surface area (Å²) in [4.78, 5) is 4.67. The van der Waals surface area contributed by atoms with Crippen molar-refractivity contribution < 1.29 is 0 Å². The van der Waals surface area contributed by atoms with E-state index in [1.807, 2.05) is 19.4 Å². The Morgan fingerprint density at radius 2 is 2.21 bits per heavy atom. The maximum atomic E-state index is 4.67. The highest BCUT2D eigenvalue weighted by atomic mass is 79.9. The smallest absolute Gasteiger partial charge is 0.191 e. The van der Waals surface area contributed by atoms with Crippen molar-refractivity contribution in [3.05, 3.63) is 52.3 Å². The molecule has 0 saturated heterocycles. The Bertz CT molecular complexity index is 718. The zero-order chi connectivity index (χ0) is 17.0. The van der Waals surface area contributed by atoms with Gasteiger partial charge in [0.25, 0.3) is 0 Å². The monoisotopic (exact) mass is 389 g/mol. The number of aliphatic imine (C=N–C) groups is 1. The Morgan fingerprint density at radius 1 is 1.38 bits per heavy atom. The topological polar surface area (TPSA) is 54.2 Å². The molecule has 0 amide bonds. The van der Waals surface area contributed by atoms with Gasteiger partial charge in [-0.05, 0) is 37.5 Å². The first-order valence-electron chi connectivity index (χ1n) is 8.37. The SMILES string of the molecule is CCNC(=NCc1cnn(C)c1)NCC1(c2cccc(Br)c2)CC1. The maximum Gasteiger partial charge on any atom is 0.191 e. The zero-order valence-corrected chi connectivity index (χ0v) is 15.8. The lowest BCUT2D eigenvalue weighted by molar-refractivity contribution is 0.645. The molecule has 6 heteroatoms. The number of benzene rings is 1. The van der Waals surface area contributed by atoms with Crippen molar-refractivity contribution in [2.24, 2.45) is 12.0 Å². The van der Waals surface area contributed by atoms with Gasteiger partial charge in [0.05, 0.1) is 12.7 Å². The van der Waals surface area contributed by atoms with Gasteiger partial charge in [-0.1, -0.05) is 28.1 Å². The standard InChI is InChI=1S/C18H24BrN5/c1-3-20-17(21-10-14-11-23-24(2)12-14)22-13-18(7-8-18)15-5-4-6-16(19)9-15/h4-6,9,11-12H,3,7-8,10,13H2,1-2H3,(H2,20,21,22). The van der Waals surface area contributed by atoms with E-state index in [-0.39, 0.29) is 5.41 Å². The Morgan fingerprint density at radius 3 is 2.83 bits per heavy atom. The molecule has 1 aromatic heterocycles. The number of rotatable bonds is 6. The molecule has 3 rings (SSSR count). The van der Waals surface area contributed by atoms with Crippen LogP contribution in [0.5, 0.6) is 0 Å². The third-order valence-corrected chi connectivity index (χ3v) is 4.90. The Balaban J connectivity index is 1.63. The second-order valence-corrected chi connectivity index (χ2v) is 7.28. The summed E-state index contributed by atoms with van der Waals surface area (Å²) in [6.45, 7) is 4.47. The summed E-state index contributed by atoms with van der Waals surface area (Å²) in [5.41, 5.74) is 2.75. The van der Waals surface area contributed by atoms with Crippen LogP contribution in [0.15, 0.2) is 46.1 Å². The number of aryl methyl sites for hydroxylation is 1. The summed E-state index contributed by atoms with van der Waals surface area (Å²) >= 11 is 3.58. The molecule has 1 aliphatic carbocycles. The Hall–Kier alpha value is -1.82. The molecule has 2 N–H and O–H groups in total. The zero-order valence-electron chi connectivity index (χ0n) is 14.2. The third-order valence-electron chi connectivity index (χ3n) is 4.41. The summed E-state index contributed by atoms with van der Waals surface area (Å²) in [5.74, 6) is 0.864. The van der Waals surface area contributed by atoms with Gasteiger partial charge < -0.3 is 10.6 Å². The van der Waals surface area contributed by atoms with Crippen molar-refractivity contribution >= 4 is 21.9 Å². The van der Waals surface area contributed by atoms with Gasteiger partial charge in [0.1, 0.15) is 0 Å². The van der Waals surface area contributed by atoms with Crippen LogP contribution in [-0.2, 0) is 19.0 Å². The van der Waals surface area contributed by atoms with E-state index in [0.717, 1.165) is 29.1 Å². The normalized spacial score (nSPS) is 16.0. The number of hydrogen-bond acceptors (Lipinski definition) is 2. The fourth-order valence-electron chi connectivity index (χ4n) is 2.86. The van der Waals surface area contributed by atoms with E-state index in [4.69, 9.17) is 0 Å². The molecule has 0 spiro atoms. The van der Waals surface area contributed by atoms with Crippen LogP contribution in [0.3, 0.4) is 0 Å². The van der Waals surface area contributed by atoms with Crippen molar-refractivity contribution in [2.75, 3.05) is 13.1 Å². The van der Waals surface area contributed by atoms with E-state index in [0.29, 0.717) is 6.54 Å². The van der Waals surface area contributed by atoms with Crippen LogP contribution in [0.1, 0.15) is 30.9 Å². The van der Waals surface area contributed by atoms with Crippen molar-refractivity contribution in [2.45, 2.75) is 31.7 Å². The van der Waals surface area contributed by atoms with E-state index >= 15 is 0 Å². The summed E-state index contributed by atoms with van der Waals surface area (Å²) in [5, 5.41) is 11.0. The predicted molar refractivity (Wildman–Crippen MR) is 101 cm³/mol. The fourth-order valence-corrected chi connectivity index (χ4v) is 3.25. The lowest BCUT2D eigenvalue weighted by Crippen LogP contribution is -2.41. The van der Waals surface area contributed by atoms with Gasteiger partial charge in [0.2, 0.25) is 0 Å². The number of nitrogens with zero attached hydrogens (tertiary/aromatic N) is 3. The Kier molecular flexibility index (Phi) is 5.23. The van der Waals surface area contributed by atoms with Gasteiger partial charge in [-0.2, -0.15) is 5.10 Å². The fraction of sp³-hybridized carbons (Fsp3) is 0.444. The largest absolute Gasteiger partial charge is 0.357 e. The van der Waals surface area contributed by atoms with Crippen LogP contribution in [0.4, 0.5) is 0 Å². The van der Waals surface area contributed by atoms with Gasteiger partial charge in [-0.15, -0.1) is 0 Å². The Labute approximate surface area is 151 Å². The molecule has 1 heterocycles. The van der Waals surface area contributed by atoms with Gasteiger partial charge in [0.15, 0.2) is 5.96 Å². The molecule has 0 atom stereocenters. The third kappa shape index (κ3) is 4.17. The van der Waals surface area contributed by atoms with Crippen LogP contribution >= 0.6 is 15.9 Å². The van der Waals surface area contributed by atoms with E-state index in [1.54, 1.807) is 4.68 Å². The van der Waals surface area contributed by atoms with Gasteiger partial charge in [-0.3, -0.25) is 4.68 Å². The van der Waals surface area contributed by atoms with E-state index < -0.39 is 0 Å². The summed E-state index contributed by atoms with van der Waals surface area (Å²) < 4.78 is 2.95. The van der Waals surface area contributed by atoms with Crippen LogP contribution < -0.4 is 10.6 Å². The molecule has 128 valence electrons. The molecule has 0 radical (unpaired) electrons. The molecular weight excluding hydrogens is 366 g/mol. The second-order valence-electron chi connectivity index (χ2n) is 6.36. The lowest BCUT2D eigenvalue weighted by Gasteiger charge is -2.19. The van der Waals surface area contributed by atoms with Crippen LogP contribution in [0.2, 0.25) is 0 Å². The average molecular weight is 390 g/mol. The second kappa shape index (κ2) is 7.38. The van der Waals surface area contributed by atoms with Gasteiger partial charge in [0, 0.05) is 41.8 Å². The first-order valence-corrected chi connectivity index (χ1v) is 9.16. The molecule has 1 fully saturated rings. The van der Waals surface area contributed by atoms with Crippen molar-refractivity contribution in [1.82, 2.24) is 20.4 Å². The summed E-state index contributed by atoms with van der Waals surface area (Å²) in [6.07, 6.45) is 6.30. The van der Waals surface area contributed by atoms with Crippen LogP contribution in [-0.4, -0.2) is 28.8 Å². The maximum absolute atomic E-state index is 4.67. The minimum Gasteiger partial charge on any atom is -0.357 e. The average Bonchev–Trinajstić information content (AvgIpc) is 3.25.